The summed E-state index contributed by atoms with van der Waals surface area (Å²) in [6.07, 6.45) is 0. The molecule has 78 valence electrons. The number of halogens is 1. The van der Waals surface area contributed by atoms with E-state index >= 15 is 0 Å². The minimum Gasteiger partial charge on any atom is -0.334 e. The normalized spacial score (nSPS) is 10.6. The van der Waals surface area contributed by atoms with Crippen molar-refractivity contribution in [3.05, 3.63) is 35.2 Å². The van der Waals surface area contributed by atoms with E-state index in [2.05, 4.69) is 44.3 Å². The maximum atomic E-state index is 5.19. The Bertz CT molecular complexity index is 479. The molecule has 0 saturated carbocycles. The summed E-state index contributed by atoms with van der Waals surface area (Å²) in [7, 11) is 0. The van der Waals surface area contributed by atoms with Crippen molar-refractivity contribution in [2.24, 2.45) is 0 Å². The molecule has 0 spiro atoms. The lowest BCUT2D eigenvalue weighted by atomic mass is 10.1. The van der Waals surface area contributed by atoms with Crippen LogP contribution in [0, 0.1) is 13.8 Å². The summed E-state index contributed by atoms with van der Waals surface area (Å²) in [5.74, 6) is 1.26. The molecule has 0 aliphatic rings. The molecule has 0 radical (unpaired) electrons. The lowest BCUT2D eigenvalue weighted by Gasteiger charge is -2.01. The van der Waals surface area contributed by atoms with Crippen LogP contribution in [0.15, 0.2) is 22.7 Å². The van der Waals surface area contributed by atoms with Gasteiger partial charge in [-0.15, -0.1) is 0 Å². The van der Waals surface area contributed by atoms with Gasteiger partial charge in [-0.1, -0.05) is 38.8 Å². The average molecular weight is 267 g/mol. The summed E-state index contributed by atoms with van der Waals surface area (Å²) in [5, 5.41) is 4.46. The zero-order chi connectivity index (χ0) is 10.8. The van der Waals surface area contributed by atoms with Gasteiger partial charge >= 0.3 is 0 Å². The van der Waals surface area contributed by atoms with Crippen LogP contribution in [0.4, 0.5) is 0 Å². The van der Waals surface area contributed by atoms with Gasteiger partial charge in [0, 0.05) is 5.56 Å². The predicted molar refractivity (Wildman–Crippen MR) is 61.8 cm³/mol. The monoisotopic (exact) mass is 266 g/mol. The van der Waals surface area contributed by atoms with Gasteiger partial charge in [-0.05, 0) is 25.5 Å². The lowest BCUT2D eigenvalue weighted by molar-refractivity contribution is 0.425. The molecule has 1 aromatic heterocycles. The number of aromatic nitrogens is 2. The first kappa shape index (κ1) is 10.4. The number of rotatable bonds is 2. The van der Waals surface area contributed by atoms with Crippen LogP contribution in [0.1, 0.15) is 17.0 Å². The maximum Gasteiger partial charge on any atom is 0.258 e. The summed E-state index contributed by atoms with van der Waals surface area (Å²) in [4.78, 5) is 4.28. The molecule has 0 aliphatic carbocycles. The van der Waals surface area contributed by atoms with E-state index in [1.54, 1.807) is 0 Å². The fourth-order valence-electron chi connectivity index (χ4n) is 1.38. The minimum atomic E-state index is 0.589. The fraction of sp³-hybridized carbons (Fsp3) is 0.273. The highest BCUT2D eigenvalue weighted by Gasteiger charge is 2.10. The molecule has 0 N–H and O–H groups in total. The molecule has 0 fully saturated rings. The highest BCUT2D eigenvalue weighted by molar-refractivity contribution is 9.08. The first-order valence-corrected chi connectivity index (χ1v) is 5.79. The van der Waals surface area contributed by atoms with Gasteiger partial charge in [-0.3, -0.25) is 0 Å². The summed E-state index contributed by atoms with van der Waals surface area (Å²) in [5.41, 5.74) is 3.34. The fourth-order valence-corrected chi connectivity index (χ4v) is 1.61. The Labute approximate surface area is 96.6 Å². The van der Waals surface area contributed by atoms with Crippen molar-refractivity contribution in [2.75, 3.05) is 0 Å². The van der Waals surface area contributed by atoms with E-state index in [1.165, 1.54) is 5.56 Å². The predicted octanol–water partition coefficient (Wildman–Crippen LogP) is 3.25. The van der Waals surface area contributed by atoms with Crippen molar-refractivity contribution in [2.45, 2.75) is 19.2 Å². The van der Waals surface area contributed by atoms with Crippen LogP contribution >= 0.6 is 15.9 Å². The number of benzene rings is 1. The molecule has 0 unspecified atom stereocenters. The van der Waals surface area contributed by atoms with Crippen molar-refractivity contribution in [3.63, 3.8) is 0 Å². The van der Waals surface area contributed by atoms with Crippen LogP contribution in [0.2, 0.25) is 0 Å². The second-order valence-electron chi connectivity index (χ2n) is 3.47. The van der Waals surface area contributed by atoms with Gasteiger partial charge in [0.25, 0.3) is 5.89 Å². The summed E-state index contributed by atoms with van der Waals surface area (Å²) >= 11 is 3.29. The highest BCUT2D eigenvalue weighted by Crippen LogP contribution is 2.23. The summed E-state index contributed by atoms with van der Waals surface area (Å²) in [6.45, 7) is 4.08. The number of hydrogen-bond acceptors (Lipinski definition) is 3. The van der Waals surface area contributed by atoms with Crippen molar-refractivity contribution >= 4 is 15.9 Å². The SMILES string of the molecule is Cc1ccc(C)c(-c2nc(CBr)no2)c1. The molecule has 0 aliphatic heterocycles. The molecule has 1 heterocycles. The topological polar surface area (TPSA) is 38.9 Å². The number of alkyl halides is 1. The Morgan fingerprint density at radius 3 is 2.80 bits per heavy atom. The summed E-state index contributed by atoms with van der Waals surface area (Å²) < 4.78 is 5.19. The largest absolute Gasteiger partial charge is 0.334 e. The van der Waals surface area contributed by atoms with E-state index < -0.39 is 0 Å². The Balaban J connectivity index is 2.48. The van der Waals surface area contributed by atoms with Crippen molar-refractivity contribution < 1.29 is 4.52 Å². The smallest absolute Gasteiger partial charge is 0.258 e. The third-order valence-electron chi connectivity index (χ3n) is 2.21. The molecule has 3 nitrogen and oxygen atoms in total. The molecule has 4 heteroatoms. The van der Waals surface area contributed by atoms with Gasteiger partial charge in [-0.2, -0.15) is 4.98 Å². The van der Waals surface area contributed by atoms with E-state index in [-0.39, 0.29) is 0 Å². The van der Waals surface area contributed by atoms with E-state index in [0.717, 1.165) is 11.1 Å². The molecule has 15 heavy (non-hydrogen) atoms. The van der Waals surface area contributed by atoms with Crippen LogP contribution in [0.3, 0.4) is 0 Å². The van der Waals surface area contributed by atoms with E-state index in [1.807, 2.05) is 13.8 Å². The molecule has 0 atom stereocenters. The second kappa shape index (κ2) is 4.14. The van der Waals surface area contributed by atoms with Crippen LogP contribution in [0.5, 0.6) is 0 Å². The van der Waals surface area contributed by atoms with Crippen LogP contribution in [-0.4, -0.2) is 10.1 Å². The second-order valence-corrected chi connectivity index (χ2v) is 4.03. The van der Waals surface area contributed by atoms with Gasteiger partial charge in [0.2, 0.25) is 0 Å². The Hall–Kier alpha value is -1.16. The van der Waals surface area contributed by atoms with Crippen LogP contribution in [0.25, 0.3) is 11.5 Å². The average Bonchev–Trinajstić information content (AvgIpc) is 2.70. The number of aryl methyl sites for hydroxylation is 2. The molecular weight excluding hydrogens is 256 g/mol. The first-order valence-electron chi connectivity index (χ1n) is 4.67. The molecule has 0 saturated heterocycles. The minimum absolute atomic E-state index is 0.589. The zero-order valence-corrected chi connectivity index (χ0v) is 10.2. The molecular formula is C11H11BrN2O. The highest BCUT2D eigenvalue weighted by atomic mass is 79.9. The lowest BCUT2D eigenvalue weighted by Crippen LogP contribution is -1.85. The van der Waals surface area contributed by atoms with Crippen LogP contribution in [-0.2, 0) is 5.33 Å². The van der Waals surface area contributed by atoms with Crippen molar-refractivity contribution in [1.82, 2.24) is 10.1 Å². The van der Waals surface area contributed by atoms with Crippen LogP contribution < -0.4 is 0 Å². The Kier molecular flexibility index (Phi) is 2.86. The van der Waals surface area contributed by atoms with Gasteiger partial charge in [0.15, 0.2) is 5.82 Å². The van der Waals surface area contributed by atoms with E-state index in [4.69, 9.17) is 4.52 Å². The zero-order valence-electron chi connectivity index (χ0n) is 8.62. The molecule has 0 amide bonds. The quantitative estimate of drug-likeness (QED) is 0.784. The third kappa shape index (κ3) is 2.09. The van der Waals surface area contributed by atoms with E-state index in [0.29, 0.717) is 17.0 Å². The maximum absolute atomic E-state index is 5.19. The Morgan fingerprint density at radius 1 is 1.33 bits per heavy atom. The van der Waals surface area contributed by atoms with Gasteiger partial charge in [0.05, 0.1) is 5.33 Å². The summed E-state index contributed by atoms with van der Waals surface area (Å²) in [6, 6.07) is 6.18. The van der Waals surface area contributed by atoms with Gasteiger partial charge < -0.3 is 4.52 Å². The van der Waals surface area contributed by atoms with Crippen molar-refractivity contribution in [1.29, 1.82) is 0 Å². The van der Waals surface area contributed by atoms with E-state index in [9.17, 15) is 0 Å². The third-order valence-corrected chi connectivity index (χ3v) is 2.71. The molecule has 2 aromatic rings. The number of nitrogens with zero attached hydrogens (tertiary/aromatic N) is 2. The standard InChI is InChI=1S/C11H11BrN2O/c1-7-3-4-8(2)9(5-7)11-13-10(6-12)14-15-11/h3-5H,6H2,1-2H3. The van der Waals surface area contributed by atoms with Gasteiger partial charge in [-0.25, -0.2) is 0 Å². The Morgan fingerprint density at radius 2 is 2.13 bits per heavy atom. The molecule has 2 rings (SSSR count). The van der Waals surface area contributed by atoms with Crippen molar-refractivity contribution in [3.8, 4) is 11.5 Å². The number of hydrogen-bond donors (Lipinski definition) is 0. The molecule has 0 bridgehead atoms. The van der Waals surface area contributed by atoms with Gasteiger partial charge in [0.1, 0.15) is 0 Å². The first-order chi connectivity index (χ1) is 7.20. The molecule has 1 aromatic carbocycles.